The van der Waals surface area contributed by atoms with Crippen molar-refractivity contribution in [1.29, 1.82) is 0 Å². The fraction of sp³-hybridized carbons (Fsp3) is 0.250. The lowest BCUT2D eigenvalue weighted by Gasteiger charge is -2.05. The Balaban J connectivity index is 2.65. The third kappa shape index (κ3) is 3.85. The van der Waals surface area contributed by atoms with Crippen LogP contribution < -0.4 is 4.74 Å². The molecule has 15 heavy (non-hydrogen) atoms. The predicted molar refractivity (Wildman–Crippen MR) is 57.9 cm³/mol. The van der Waals surface area contributed by atoms with Crippen LogP contribution in [-0.4, -0.2) is 19.7 Å². The number of hydrogen-bond acceptors (Lipinski definition) is 3. The third-order valence-electron chi connectivity index (χ3n) is 1.84. The first-order valence-corrected chi connectivity index (χ1v) is 4.65. The van der Waals surface area contributed by atoms with Crippen LogP contribution in [0.2, 0.25) is 0 Å². The predicted octanol–water partition coefficient (Wildman–Crippen LogP) is 1.97. The molecule has 1 aromatic carbocycles. The summed E-state index contributed by atoms with van der Waals surface area (Å²) >= 11 is 0. The van der Waals surface area contributed by atoms with Crippen LogP contribution in [0.3, 0.4) is 0 Å². The van der Waals surface area contributed by atoms with Crippen LogP contribution >= 0.6 is 0 Å². The van der Waals surface area contributed by atoms with Crippen molar-refractivity contribution in [1.82, 2.24) is 0 Å². The van der Waals surface area contributed by atoms with Gasteiger partial charge in [-0.15, -0.1) is 0 Å². The highest BCUT2D eigenvalue weighted by Gasteiger charge is 2.03. The fourth-order valence-corrected chi connectivity index (χ4v) is 1.14. The van der Waals surface area contributed by atoms with E-state index in [0.29, 0.717) is 6.61 Å². The molecule has 0 spiro atoms. The molecule has 0 aliphatic rings. The van der Waals surface area contributed by atoms with Crippen molar-refractivity contribution >= 4 is 5.97 Å². The Morgan fingerprint density at radius 2 is 2.33 bits per heavy atom. The van der Waals surface area contributed by atoms with Crippen molar-refractivity contribution in [2.75, 3.05) is 13.7 Å². The maximum Gasteiger partial charge on any atom is 0.309 e. The van der Waals surface area contributed by atoms with Gasteiger partial charge in [0, 0.05) is 0 Å². The van der Waals surface area contributed by atoms with Crippen molar-refractivity contribution in [3.63, 3.8) is 0 Å². The molecule has 0 aliphatic heterocycles. The number of carbonyl (C=O) groups is 1. The summed E-state index contributed by atoms with van der Waals surface area (Å²) in [6, 6.07) is 7.36. The number of carbonyl (C=O) groups excluding carboxylic acids is 1. The molecule has 3 heteroatoms. The van der Waals surface area contributed by atoms with E-state index < -0.39 is 0 Å². The minimum Gasteiger partial charge on any atom is -0.490 e. The van der Waals surface area contributed by atoms with E-state index >= 15 is 0 Å². The van der Waals surface area contributed by atoms with E-state index in [1.54, 1.807) is 6.08 Å². The first kappa shape index (κ1) is 11.3. The molecule has 1 rings (SSSR count). The minimum absolute atomic E-state index is 0.254. The second-order valence-electron chi connectivity index (χ2n) is 3.00. The number of rotatable bonds is 5. The highest BCUT2D eigenvalue weighted by Crippen LogP contribution is 2.13. The molecule has 0 saturated carbocycles. The fourth-order valence-electron chi connectivity index (χ4n) is 1.14. The lowest BCUT2D eigenvalue weighted by molar-refractivity contribution is -0.139. The molecule has 0 radical (unpaired) electrons. The van der Waals surface area contributed by atoms with Crippen LogP contribution in [0, 0.1) is 0 Å². The van der Waals surface area contributed by atoms with Crippen molar-refractivity contribution < 1.29 is 14.3 Å². The van der Waals surface area contributed by atoms with E-state index in [4.69, 9.17) is 4.74 Å². The lowest BCUT2D eigenvalue weighted by Crippen LogP contribution is -2.04. The number of esters is 1. The molecule has 3 nitrogen and oxygen atoms in total. The van der Waals surface area contributed by atoms with Crippen molar-refractivity contribution in [2.45, 2.75) is 6.42 Å². The van der Waals surface area contributed by atoms with Gasteiger partial charge < -0.3 is 9.47 Å². The summed E-state index contributed by atoms with van der Waals surface area (Å²) in [5.74, 6) is 0.479. The van der Waals surface area contributed by atoms with Crippen LogP contribution in [-0.2, 0) is 16.0 Å². The summed E-state index contributed by atoms with van der Waals surface area (Å²) < 4.78 is 9.92. The van der Waals surface area contributed by atoms with Crippen molar-refractivity contribution in [3.05, 3.63) is 42.5 Å². The molecule has 0 fully saturated rings. The van der Waals surface area contributed by atoms with Crippen LogP contribution in [0.1, 0.15) is 5.56 Å². The summed E-state index contributed by atoms with van der Waals surface area (Å²) in [7, 11) is 1.38. The van der Waals surface area contributed by atoms with Gasteiger partial charge >= 0.3 is 5.97 Å². The van der Waals surface area contributed by atoms with E-state index in [9.17, 15) is 4.79 Å². The SMILES string of the molecule is C=CCOc1cccc(CC(=O)OC)c1. The molecular formula is C12H14O3. The second-order valence-corrected chi connectivity index (χ2v) is 3.00. The average molecular weight is 206 g/mol. The molecule has 0 saturated heterocycles. The van der Waals surface area contributed by atoms with Gasteiger partial charge in [-0.3, -0.25) is 4.79 Å². The molecule has 0 unspecified atom stereocenters. The first-order valence-electron chi connectivity index (χ1n) is 4.65. The zero-order valence-corrected chi connectivity index (χ0v) is 8.73. The van der Waals surface area contributed by atoms with E-state index in [-0.39, 0.29) is 12.4 Å². The zero-order valence-electron chi connectivity index (χ0n) is 8.73. The Labute approximate surface area is 89.3 Å². The van der Waals surface area contributed by atoms with Gasteiger partial charge in [-0.2, -0.15) is 0 Å². The van der Waals surface area contributed by atoms with Crippen LogP contribution in [0.5, 0.6) is 5.75 Å². The maximum absolute atomic E-state index is 11.0. The Kier molecular flexibility index (Phi) is 4.41. The molecule has 1 aromatic rings. The topological polar surface area (TPSA) is 35.5 Å². The average Bonchev–Trinajstić information content (AvgIpc) is 2.26. The van der Waals surface area contributed by atoms with Crippen molar-refractivity contribution in [2.24, 2.45) is 0 Å². The molecule has 80 valence electrons. The number of ether oxygens (including phenoxy) is 2. The van der Waals surface area contributed by atoms with Gasteiger partial charge in [-0.25, -0.2) is 0 Å². The quantitative estimate of drug-likeness (QED) is 0.545. The van der Waals surface area contributed by atoms with Gasteiger partial charge in [0.05, 0.1) is 13.5 Å². The molecule has 0 bridgehead atoms. The maximum atomic E-state index is 11.0. The highest BCUT2D eigenvalue weighted by molar-refractivity contribution is 5.72. The van der Waals surface area contributed by atoms with Gasteiger partial charge in [-0.1, -0.05) is 24.8 Å². The van der Waals surface area contributed by atoms with E-state index in [0.717, 1.165) is 11.3 Å². The summed E-state index contributed by atoms with van der Waals surface area (Å²) in [5, 5.41) is 0. The molecule has 0 N–H and O–H groups in total. The number of benzene rings is 1. The summed E-state index contributed by atoms with van der Waals surface area (Å²) in [5.41, 5.74) is 0.878. The Bertz CT molecular complexity index is 344. The summed E-state index contributed by atoms with van der Waals surface area (Å²) in [6.07, 6.45) is 1.94. The molecule has 0 atom stereocenters. The van der Waals surface area contributed by atoms with Gasteiger partial charge in [0.1, 0.15) is 12.4 Å². The standard InChI is InChI=1S/C12H14O3/c1-3-7-15-11-6-4-5-10(8-11)9-12(13)14-2/h3-6,8H,1,7,9H2,2H3. The number of hydrogen-bond donors (Lipinski definition) is 0. The molecule has 0 heterocycles. The first-order chi connectivity index (χ1) is 7.26. The largest absolute Gasteiger partial charge is 0.490 e. The monoisotopic (exact) mass is 206 g/mol. The van der Waals surface area contributed by atoms with Crippen LogP contribution in [0.25, 0.3) is 0 Å². The smallest absolute Gasteiger partial charge is 0.309 e. The van der Waals surface area contributed by atoms with Crippen LogP contribution in [0.15, 0.2) is 36.9 Å². The number of methoxy groups -OCH3 is 1. The third-order valence-corrected chi connectivity index (χ3v) is 1.84. The van der Waals surface area contributed by atoms with Crippen molar-refractivity contribution in [3.8, 4) is 5.75 Å². The van der Waals surface area contributed by atoms with Gasteiger partial charge in [-0.05, 0) is 17.7 Å². The summed E-state index contributed by atoms with van der Waals surface area (Å²) in [6.45, 7) is 4.02. The Morgan fingerprint density at radius 1 is 1.53 bits per heavy atom. The normalized spacial score (nSPS) is 9.40. The molecule has 0 aromatic heterocycles. The Morgan fingerprint density at radius 3 is 3.00 bits per heavy atom. The highest BCUT2D eigenvalue weighted by atomic mass is 16.5. The molecular weight excluding hydrogens is 192 g/mol. The van der Waals surface area contributed by atoms with Gasteiger partial charge in [0.15, 0.2) is 0 Å². The zero-order chi connectivity index (χ0) is 11.1. The van der Waals surface area contributed by atoms with Gasteiger partial charge in [0.25, 0.3) is 0 Å². The Hall–Kier alpha value is -1.77. The van der Waals surface area contributed by atoms with Gasteiger partial charge in [0.2, 0.25) is 0 Å². The van der Waals surface area contributed by atoms with E-state index in [2.05, 4.69) is 11.3 Å². The van der Waals surface area contributed by atoms with E-state index in [1.807, 2.05) is 24.3 Å². The molecule has 0 amide bonds. The lowest BCUT2D eigenvalue weighted by atomic mass is 10.1. The summed E-state index contributed by atoms with van der Waals surface area (Å²) in [4.78, 5) is 11.0. The minimum atomic E-state index is -0.254. The van der Waals surface area contributed by atoms with Crippen LogP contribution in [0.4, 0.5) is 0 Å². The van der Waals surface area contributed by atoms with E-state index in [1.165, 1.54) is 7.11 Å². The molecule has 0 aliphatic carbocycles. The second kappa shape index (κ2) is 5.86.